The van der Waals surface area contributed by atoms with E-state index in [4.69, 9.17) is 38.5 Å². The maximum absolute atomic E-state index is 15.3. The maximum atomic E-state index is 15.3. The highest BCUT2D eigenvalue weighted by Crippen LogP contribution is 2.52. The van der Waals surface area contributed by atoms with Gasteiger partial charge in [-0.25, -0.2) is 29.5 Å². The predicted molar refractivity (Wildman–Crippen MR) is 318 cm³/mol. The molecule has 1 radical (unpaired) electrons. The molecule has 0 atom stereocenters. The third-order valence-corrected chi connectivity index (χ3v) is 21.9. The molecule has 7 aromatic rings. The summed E-state index contributed by atoms with van der Waals surface area (Å²) in [6.07, 6.45) is 1.92. The van der Waals surface area contributed by atoms with Gasteiger partial charge in [0.15, 0.2) is 23.3 Å². The Morgan fingerprint density at radius 1 is 0.569 bits per heavy atom. The quantitative estimate of drug-likeness (QED) is 0.113. The lowest BCUT2D eigenvalue weighted by molar-refractivity contribution is 0.235. The van der Waals surface area contributed by atoms with Crippen LogP contribution in [0.4, 0.5) is 5.82 Å². The van der Waals surface area contributed by atoms with E-state index in [1.165, 1.54) is 0 Å². The van der Waals surface area contributed by atoms with Gasteiger partial charge in [0.25, 0.3) is 0 Å². The monoisotopic (exact) mass is 1500 g/mol. The van der Waals surface area contributed by atoms with E-state index in [0.29, 0.717) is 52.3 Å². The fourth-order valence-corrected chi connectivity index (χ4v) is 14.1. The van der Waals surface area contributed by atoms with Crippen molar-refractivity contribution in [3.63, 3.8) is 0 Å². The summed E-state index contributed by atoms with van der Waals surface area (Å²) in [4.78, 5) is 33.9. The second-order valence-electron chi connectivity index (χ2n) is 16.6. The number of fused-ring (bicyclic) bond motifs is 4. The van der Waals surface area contributed by atoms with Crippen molar-refractivity contribution in [2.24, 2.45) is 30.0 Å². The minimum atomic E-state index is -4.40. The molecule has 0 bridgehead atoms. The molecule has 0 saturated carbocycles. The van der Waals surface area contributed by atoms with E-state index in [2.05, 4.69) is 137 Å². The number of amidine groups is 6. The van der Waals surface area contributed by atoms with E-state index in [9.17, 15) is 0 Å². The summed E-state index contributed by atoms with van der Waals surface area (Å²) in [7, 11) is -2.70. The van der Waals surface area contributed by atoms with Crippen molar-refractivity contribution in [1.82, 2.24) is 8.87 Å². The van der Waals surface area contributed by atoms with Crippen molar-refractivity contribution >= 4 is 202 Å². The first kappa shape index (κ1) is 52.3. The van der Waals surface area contributed by atoms with Crippen molar-refractivity contribution < 1.29 is 18.1 Å². The number of aromatic amines is 1. The van der Waals surface area contributed by atoms with E-state index in [1.807, 2.05) is 123 Å². The molecule has 0 unspecified atom stereocenters. The summed E-state index contributed by atoms with van der Waals surface area (Å²) in [5, 5.41) is 1.89. The minimum absolute atomic E-state index is 0.0927. The first-order valence-electron chi connectivity index (χ1n) is 21.6. The highest BCUT2D eigenvalue weighted by molar-refractivity contribution is 9.14. The van der Waals surface area contributed by atoms with Crippen LogP contribution in [0.3, 0.4) is 0 Å². The lowest BCUT2D eigenvalue weighted by Crippen LogP contribution is -2.38. The molecule has 0 amide bonds. The molecule has 361 valence electrons. The fourth-order valence-electron chi connectivity index (χ4n) is 8.27. The van der Waals surface area contributed by atoms with Crippen molar-refractivity contribution in [2.45, 2.75) is 27.7 Å². The van der Waals surface area contributed by atoms with Crippen molar-refractivity contribution in [2.75, 3.05) is 12.5 Å². The van der Waals surface area contributed by atoms with Gasteiger partial charge in [0.05, 0.1) is 0 Å². The average molecular weight is 1510 g/mol. The van der Waals surface area contributed by atoms with Gasteiger partial charge >= 0.3 is 23.3 Å². The molecular formula is C50H33AlBr8N8O4P. The largest absolute Gasteiger partial charge is 0.586 e. The molecule has 1 aromatic heterocycles. The molecule has 72 heavy (non-hydrogen) atoms. The van der Waals surface area contributed by atoms with Crippen LogP contribution in [0, 0.1) is 27.7 Å². The lowest BCUT2D eigenvalue weighted by atomic mass is 10.1. The summed E-state index contributed by atoms with van der Waals surface area (Å²) >= 11 is 28.6. The third-order valence-electron chi connectivity index (χ3n) is 11.8. The molecule has 10 rings (SSSR count). The summed E-state index contributed by atoms with van der Waals surface area (Å²) in [6.45, 7) is 7.58. The summed E-state index contributed by atoms with van der Waals surface area (Å²) in [6, 6.07) is 27.4. The zero-order valence-electron chi connectivity index (χ0n) is 38.2. The SMILES string of the molecule is CN=C1N=C(N=C2c3cc(Br)c(Br)cc3C(=NC3=N/C(=N\c4[nH]cc5cc(Br)c(Br)cc45)c4cc(Br)c(Br)cc43)[N]2[Al][CH2]OP(=O)(Oc2c(C)cccc2C)Oc2c(C)cccc2C)c2cc(Br)c(Br)cc21. The van der Waals surface area contributed by atoms with Gasteiger partial charge in [-0.2, -0.15) is 0 Å². The van der Waals surface area contributed by atoms with Crippen LogP contribution in [0.1, 0.15) is 55.6 Å². The van der Waals surface area contributed by atoms with Gasteiger partial charge in [0.1, 0.15) is 29.0 Å². The van der Waals surface area contributed by atoms with Gasteiger partial charge in [0, 0.05) is 98.6 Å². The third kappa shape index (κ3) is 10.2. The molecule has 0 spiro atoms. The number of benzene rings is 6. The van der Waals surface area contributed by atoms with Crippen molar-refractivity contribution in [3.05, 3.63) is 183 Å². The van der Waals surface area contributed by atoms with Crippen LogP contribution in [0.5, 0.6) is 11.5 Å². The smallest absolute Gasteiger partial charge is 0.410 e. The van der Waals surface area contributed by atoms with Crippen molar-refractivity contribution in [1.29, 1.82) is 0 Å². The van der Waals surface area contributed by atoms with Crippen LogP contribution < -0.4 is 9.05 Å². The Hall–Kier alpha value is -3.16. The second kappa shape index (κ2) is 21.1. The van der Waals surface area contributed by atoms with Gasteiger partial charge in [0.2, 0.25) is 0 Å². The molecule has 0 aliphatic carbocycles. The number of para-hydroxylation sites is 2. The van der Waals surface area contributed by atoms with Crippen LogP contribution in [0.2, 0.25) is 0 Å². The molecule has 22 heteroatoms. The van der Waals surface area contributed by atoms with E-state index < -0.39 is 23.3 Å². The summed E-state index contributed by atoms with van der Waals surface area (Å²) in [5.74, 6) is 4.35. The van der Waals surface area contributed by atoms with Gasteiger partial charge in [-0.1, -0.05) is 36.4 Å². The number of aliphatic imine (C=N–C) groups is 6. The minimum Gasteiger partial charge on any atom is -0.410 e. The number of phosphoric acid groups is 1. The van der Waals surface area contributed by atoms with E-state index in [0.717, 1.165) is 102 Å². The molecule has 12 nitrogen and oxygen atoms in total. The van der Waals surface area contributed by atoms with Crippen LogP contribution in [0.15, 0.2) is 157 Å². The van der Waals surface area contributed by atoms with Gasteiger partial charge in [-0.05, 0) is 226 Å². The van der Waals surface area contributed by atoms with Gasteiger partial charge < -0.3 is 17.9 Å². The number of hydrogen-bond donors (Lipinski definition) is 1. The van der Waals surface area contributed by atoms with E-state index in [-0.39, 0.29) is 5.47 Å². The lowest BCUT2D eigenvalue weighted by Gasteiger charge is -2.24. The zero-order valence-corrected chi connectivity index (χ0v) is 52.9. The van der Waals surface area contributed by atoms with Gasteiger partial charge in [-0.15, -0.1) is 0 Å². The number of H-pyrrole nitrogens is 1. The first-order valence-corrected chi connectivity index (χ1v) is 30.8. The van der Waals surface area contributed by atoms with Crippen molar-refractivity contribution in [3.8, 4) is 11.5 Å². The molecule has 0 fully saturated rings. The topological polar surface area (TPSA) is 138 Å². The normalized spacial score (nSPS) is 16.3. The Morgan fingerprint density at radius 2 is 0.986 bits per heavy atom. The molecule has 6 aromatic carbocycles. The fraction of sp³-hybridized carbons (Fsp3) is 0.120. The Kier molecular flexibility index (Phi) is 15.3. The Morgan fingerprint density at radius 3 is 1.47 bits per heavy atom. The Balaban J connectivity index is 1.14. The van der Waals surface area contributed by atoms with Crippen LogP contribution in [0.25, 0.3) is 10.8 Å². The molecule has 0 saturated heterocycles. The van der Waals surface area contributed by atoms with E-state index >= 15 is 4.57 Å². The number of phosphoric ester groups is 1. The second-order valence-corrected chi connectivity index (χ2v) is 26.1. The van der Waals surface area contributed by atoms with Crippen LogP contribution in [-0.4, -0.2) is 71.8 Å². The Bertz CT molecular complexity index is 3650. The molecular weight excluding hydrogens is 1470 g/mol. The highest BCUT2D eigenvalue weighted by atomic mass is 79.9. The van der Waals surface area contributed by atoms with Gasteiger partial charge in [-0.3, -0.25) is 9.52 Å². The molecule has 3 aliphatic heterocycles. The number of nitrogens with zero attached hydrogens (tertiary/aromatic N) is 7. The molecule has 1 N–H and O–H groups in total. The zero-order chi connectivity index (χ0) is 50.9. The number of rotatable bonds is 9. The Labute approximate surface area is 488 Å². The number of halogens is 8. The maximum Gasteiger partial charge on any atom is 0.586 e. The summed E-state index contributed by atoms with van der Waals surface area (Å²) in [5.41, 5.74) is 7.63. The summed E-state index contributed by atoms with van der Waals surface area (Å²) < 4.78 is 43.2. The molecule has 4 heterocycles. The van der Waals surface area contributed by atoms with Crippen LogP contribution >= 0.6 is 135 Å². The standard InChI is InChI=1S/C33H13Br8N8.C17H20O4P.Al/c1-42-27-13-4-21(36)22(37)5-14(13)29(44-27)46-31-17-8-25(40)26(41)9-18(17)33(48-31)49-32-16-7-24(39)23(38)6-15(16)30(47-32)45-28-12-3-20(35)19(34)2-11(12)10-43-28;1-12-8-6-9-13(2)16(12)20-22(18,19-5)21-17-14(3)10-7-11-15(17)4;/h2-10,43H,1H3;6-11H,5H2,1-4H3;/q-1;;+1. The average Bonchev–Trinajstić information content (AvgIpc) is 4.05. The first-order chi connectivity index (χ1) is 34.4. The number of aromatic nitrogens is 1. The number of aryl methyl sites for hydroxylation is 4. The molecule has 3 aliphatic rings. The highest BCUT2D eigenvalue weighted by Gasteiger charge is 2.39. The van der Waals surface area contributed by atoms with E-state index in [1.54, 1.807) is 7.05 Å². The predicted octanol–water partition coefficient (Wildman–Crippen LogP) is 16.5. The number of nitrogens with one attached hydrogen (secondary N) is 1. The van der Waals surface area contributed by atoms with Crippen LogP contribution in [-0.2, 0) is 9.09 Å². The number of hydrogen-bond acceptors (Lipinski definition) is 8.